The number of anilines is 3. The van der Waals surface area contributed by atoms with Gasteiger partial charge in [0.1, 0.15) is 11.5 Å². The van der Waals surface area contributed by atoms with Crippen LogP contribution in [0, 0.1) is 0 Å². The Balaban J connectivity index is 1.20. The van der Waals surface area contributed by atoms with Crippen LogP contribution in [0.2, 0.25) is 0 Å². The molecule has 2 heteroatoms. The second-order valence-corrected chi connectivity index (χ2v) is 11.4. The number of fused-ring (bicyclic) bond motifs is 3. The summed E-state index contributed by atoms with van der Waals surface area (Å²) in [6, 6.07) is 47.9. The van der Waals surface area contributed by atoms with Gasteiger partial charge in [-0.2, -0.15) is 0 Å². The van der Waals surface area contributed by atoms with Crippen LogP contribution in [-0.2, 0) is 0 Å². The minimum absolute atomic E-state index is 0.176. The van der Waals surface area contributed by atoms with Gasteiger partial charge in [-0.15, -0.1) is 0 Å². The van der Waals surface area contributed by atoms with Crippen molar-refractivity contribution in [2.24, 2.45) is 0 Å². The van der Waals surface area contributed by atoms with Crippen LogP contribution >= 0.6 is 0 Å². The second kappa shape index (κ2) is 10.8. The summed E-state index contributed by atoms with van der Waals surface area (Å²) in [5.74, 6) is 1.35. The van der Waals surface area contributed by atoms with E-state index in [0.717, 1.165) is 60.9 Å². The Morgan fingerprint density at radius 3 is 2.02 bits per heavy atom. The van der Waals surface area contributed by atoms with Crippen molar-refractivity contribution in [3.8, 4) is 44.9 Å². The van der Waals surface area contributed by atoms with Crippen molar-refractivity contribution in [2.45, 2.75) is 0 Å². The number of hydrogen-bond donors (Lipinski definition) is 0. The molecule has 0 saturated heterocycles. The lowest BCUT2D eigenvalue weighted by Crippen LogP contribution is -2.11. The van der Waals surface area contributed by atoms with Gasteiger partial charge in [0.25, 0.3) is 0 Å². The maximum atomic E-state index is 8.63. The van der Waals surface area contributed by atoms with Gasteiger partial charge in [-0.3, -0.25) is 0 Å². The van der Waals surface area contributed by atoms with Crippen LogP contribution in [0.3, 0.4) is 0 Å². The van der Waals surface area contributed by atoms with Crippen molar-refractivity contribution in [3.05, 3.63) is 176 Å². The third-order valence-electron chi connectivity index (χ3n) is 8.75. The Hall–Kier alpha value is -6.12. The first kappa shape index (κ1) is 21.6. The van der Waals surface area contributed by atoms with Gasteiger partial charge in [0.2, 0.25) is 0 Å². The lowest BCUT2D eigenvalue weighted by Gasteiger charge is -2.29. The van der Waals surface area contributed by atoms with Gasteiger partial charge in [-0.05, 0) is 75.0 Å². The van der Waals surface area contributed by atoms with E-state index in [1.54, 1.807) is 6.07 Å². The highest BCUT2D eigenvalue weighted by Gasteiger charge is 2.24. The maximum absolute atomic E-state index is 8.63. The van der Waals surface area contributed by atoms with E-state index in [9.17, 15) is 0 Å². The number of rotatable bonds is 5. The van der Waals surface area contributed by atoms with Crippen molar-refractivity contribution >= 4 is 38.6 Å². The normalized spacial score (nSPS) is 13.2. The molecule has 1 aliphatic rings. The molecule has 0 radical (unpaired) electrons. The Morgan fingerprint density at radius 1 is 0.457 bits per heavy atom. The highest BCUT2D eigenvalue weighted by molar-refractivity contribution is 6.10. The van der Waals surface area contributed by atoms with E-state index in [0.29, 0.717) is 17.1 Å². The fraction of sp³-hybridized carbons (Fsp3) is 0. The SMILES string of the molecule is [2H]c1c([2H])c([2H])c(-c2ccc3c4c(cccc24)-c2ccc(N(c4ccc(-c5ccccc5)cc4)c4cccc5ccccc45)cc2O3)c([2H])c1[2H]. The van der Waals surface area contributed by atoms with Crippen LogP contribution in [0.1, 0.15) is 6.85 Å². The highest BCUT2D eigenvalue weighted by Crippen LogP contribution is 2.51. The van der Waals surface area contributed by atoms with Crippen LogP contribution in [0.25, 0.3) is 54.9 Å². The number of benzene rings is 8. The van der Waals surface area contributed by atoms with Crippen molar-refractivity contribution in [1.29, 1.82) is 0 Å². The summed E-state index contributed by atoms with van der Waals surface area (Å²) in [4.78, 5) is 2.26. The summed E-state index contributed by atoms with van der Waals surface area (Å²) in [5, 5.41) is 3.87. The summed E-state index contributed by atoms with van der Waals surface area (Å²) in [7, 11) is 0. The average Bonchev–Trinajstić information content (AvgIpc) is 3.18. The molecule has 9 rings (SSSR count). The van der Waals surface area contributed by atoms with E-state index < -0.39 is 6.04 Å². The van der Waals surface area contributed by atoms with E-state index in [1.807, 2.05) is 42.5 Å². The molecule has 0 N–H and O–H groups in total. The first-order valence-corrected chi connectivity index (χ1v) is 15.3. The standard InChI is InChI=1S/C44H29NO/c1-3-11-30(12-4-1)31-21-23-34(24-22-31)45(41-20-9-16-33-15-7-8-17-37(33)41)35-25-26-38-40-19-10-18-39-36(32-13-5-2-6-14-32)27-28-42(44(39)40)46-43(38)29-35/h1-29H/i2D,5D,6D,13D,14D. The molecular weight excluding hydrogens is 558 g/mol. The molecule has 0 atom stereocenters. The van der Waals surface area contributed by atoms with E-state index in [4.69, 9.17) is 11.6 Å². The Morgan fingerprint density at radius 2 is 1.15 bits per heavy atom. The van der Waals surface area contributed by atoms with Gasteiger partial charge < -0.3 is 9.64 Å². The predicted molar refractivity (Wildman–Crippen MR) is 193 cm³/mol. The fourth-order valence-corrected chi connectivity index (χ4v) is 6.63. The van der Waals surface area contributed by atoms with Crippen LogP contribution in [0.15, 0.2) is 176 Å². The van der Waals surface area contributed by atoms with Crippen molar-refractivity contribution < 1.29 is 11.6 Å². The Bertz CT molecular complexity index is 2640. The molecule has 8 aromatic rings. The smallest absolute Gasteiger partial charge is 0.137 e. The fourth-order valence-electron chi connectivity index (χ4n) is 6.63. The zero-order chi connectivity index (χ0) is 34.8. The first-order valence-electron chi connectivity index (χ1n) is 17.8. The monoisotopic (exact) mass is 592 g/mol. The second-order valence-electron chi connectivity index (χ2n) is 11.4. The number of nitrogens with zero attached hydrogens (tertiary/aromatic N) is 1. The summed E-state index contributed by atoms with van der Waals surface area (Å²) < 4.78 is 48.5. The molecule has 0 amide bonds. The van der Waals surface area contributed by atoms with Gasteiger partial charge in [0.05, 0.1) is 12.5 Å². The highest BCUT2D eigenvalue weighted by atomic mass is 16.5. The number of hydrogen-bond acceptors (Lipinski definition) is 2. The molecule has 0 unspecified atom stereocenters. The first-order chi connectivity index (χ1) is 24.9. The summed E-state index contributed by atoms with van der Waals surface area (Å²) in [6.07, 6.45) is 0. The van der Waals surface area contributed by atoms with Gasteiger partial charge in [-0.25, -0.2) is 0 Å². The maximum Gasteiger partial charge on any atom is 0.137 e. The van der Waals surface area contributed by atoms with Gasteiger partial charge in [0.15, 0.2) is 0 Å². The molecule has 46 heavy (non-hydrogen) atoms. The molecule has 0 fully saturated rings. The summed E-state index contributed by atoms with van der Waals surface area (Å²) in [5.41, 5.74) is 7.88. The Kier molecular flexibility index (Phi) is 5.06. The summed E-state index contributed by atoms with van der Waals surface area (Å²) in [6.45, 7) is 0. The molecule has 0 spiro atoms. The van der Waals surface area contributed by atoms with E-state index in [1.165, 1.54) is 0 Å². The van der Waals surface area contributed by atoms with Gasteiger partial charge in [-0.1, -0.05) is 133 Å². The zero-order valence-electron chi connectivity index (χ0n) is 29.7. The topological polar surface area (TPSA) is 12.5 Å². The number of ether oxygens (including phenoxy) is 1. The molecule has 8 aromatic carbocycles. The molecule has 1 aliphatic heterocycles. The van der Waals surface area contributed by atoms with Gasteiger partial charge in [0, 0.05) is 33.8 Å². The molecule has 1 heterocycles. The van der Waals surface area contributed by atoms with E-state index in [2.05, 4.69) is 102 Å². The quantitative estimate of drug-likeness (QED) is 0.197. The molecule has 0 saturated carbocycles. The van der Waals surface area contributed by atoms with Crippen molar-refractivity contribution in [1.82, 2.24) is 0 Å². The van der Waals surface area contributed by atoms with E-state index in [-0.39, 0.29) is 29.7 Å². The van der Waals surface area contributed by atoms with Crippen LogP contribution in [0.4, 0.5) is 17.1 Å². The molecule has 0 aromatic heterocycles. The molecule has 0 aliphatic carbocycles. The van der Waals surface area contributed by atoms with E-state index >= 15 is 0 Å². The largest absolute Gasteiger partial charge is 0.456 e. The minimum Gasteiger partial charge on any atom is -0.456 e. The molecular formula is C44H29NO. The third kappa shape index (κ3) is 4.35. The molecule has 216 valence electrons. The lowest BCUT2D eigenvalue weighted by molar-refractivity contribution is 0.487. The zero-order valence-corrected chi connectivity index (χ0v) is 24.7. The van der Waals surface area contributed by atoms with Crippen molar-refractivity contribution in [2.75, 3.05) is 4.90 Å². The van der Waals surface area contributed by atoms with Gasteiger partial charge >= 0.3 is 0 Å². The summed E-state index contributed by atoms with van der Waals surface area (Å²) >= 11 is 0. The third-order valence-corrected chi connectivity index (χ3v) is 8.75. The average molecular weight is 593 g/mol. The predicted octanol–water partition coefficient (Wildman–Crippen LogP) is 12.6. The Labute approximate surface area is 275 Å². The van der Waals surface area contributed by atoms with Crippen molar-refractivity contribution in [3.63, 3.8) is 0 Å². The van der Waals surface area contributed by atoms with Crippen LogP contribution in [-0.4, -0.2) is 0 Å². The molecule has 2 nitrogen and oxygen atoms in total. The van der Waals surface area contributed by atoms with Crippen LogP contribution in [0.5, 0.6) is 11.5 Å². The molecule has 0 bridgehead atoms. The van der Waals surface area contributed by atoms with Crippen LogP contribution < -0.4 is 9.64 Å². The minimum atomic E-state index is -0.408. The lowest BCUT2D eigenvalue weighted by atomic mass is 9.90.